The Morgan fingerprint density at radius 1 is 1.45 bits per heavy atom. The lowest BCUT2D eigenvalue weighted by molar-refractivity contribution is -0.124. The molecule has 1 fully saturated rings. The van der Waals surface area contributed by atoms with E-state index in [-0.39, 0.29) is 11.7 Å². The van der Waals surface area contributed by atoms with Crippen LogP contribution in [-0.4, -0.2) is 28.6 Å². The largest absolute Gasteiger partial charge is 0.382 e. The Kier molecular flexibility index (Phi) is 2.53. The molecule has 6 nitrogen and oxygen atoms in total. The van der Waals surface area contributed by atoms with E-state index in [9.17, 15) is 14.0 Å². The predicted molar refractivity (Wildman–Crippen MR) is 70.5 cm³/mol. The van der Waals surface area contributed by atoms with E-state index >= 15 is 0 Å². The molecule has 0 spiro atoms. The summed E-state index contributed by atoms with van der Waals surface area (Å²) in [7, 11) is 1.49. The zero-order valence-corrected chi connectivity index (χ0v) is 10.8. The lowest BCUT2D eigenvalue weighted by Gasteiger charge is -2.12. The van der Waals surface area contributed by atoms with Crippen LogP contribution in [0.3, 0.4) is 0 Å². The molecule has 20 heavy (non-hydrogen) atoms. The Morgan fingerprint density at radius 2 is 2.15 bits per heavy atom. The van der Waals surface area contributed by atoms with Crippen LogP contribution in [0.1, 0.15) is 17.6 Å². The lowest BCUT2D eigenvalue weighted by Crippen LogP contribution is -2.38. The number of fused-ring (bicyclic) bond motifs is 1. The standard InChI is InChI=1S/C13H13FN4O2/c1-16-11(19)13(4-5-13)12(20)18-9-3-2-7(14)6-8(9)10(15)17-18/h2-3,6H,4-5H2,1H3,(H2,15,17)(H,16,19). The molecule has 1 saturated carbocycles. The summed E-state index contributed by atoms with van der Waals surface area (Å²) in [5.41, 5.74) is 5.05. The first-order valence-electron chi connectivity index (χ1n) is 6.20. The molecule has 1 aliphatic rings. The topological polar surface area (TPSA) is 90.0 Å². The van der Waals surface area contributed by atoms with Crippen LogP contribution in [0.5, 0.6) is 0 Å². The van der Waals surface area contributed by atoms with Gasteiger partial charge in [-0.3, -0.25) is 9.59 Å². The maximum Gasteiger partial charge on any atom is 0.263 e. The molecule has 1 aromatic carbocycles. The number of nitrogen functional groups attached to an aromatic ring is 1. The molecule has 0 atom stereocenters. The first-order chi connectivity index (χ1) is 9.49. The van der Waals surface area contributed by atoms with Gasteiger partial charge in [-0.25, -0.2) is 4.39 Å². The Morgan fingerprint density at radius 3 is 2.75 bits per heavy atom. The summed E-state index contributed by atoms with van der Waals surface area (Å²) in [4.78, 5) is 24.4. The fraction of sp³-hybridized carbons (Fsp3) is 0.308. The molecule has 3 rings (SSSR count). The molecule has 1 aliphatic carbocycles. The first kappa shape index (κ1) is 12.6. The molecule has 1 aromatic heterocycles. The number of carbonyl (C=O) groups excluding carboxylic acids is 2. The second kappa shape index (κ2) is 4.03. The van der Waals surface area contributed by atoms with Crippen LogP contribution in [0.2, 0.25) is 0 Å². The molecule has 7 heteroatoms. The molecule has 1 heterocycles. The van der Waals surface area contributed by atoms with Crippen LogP contribution in [-0.2, 0) is 4.79 Å². The van der Waals surface area contributed by atoms with Crippen molar-refractivity contribution in [3.63, 3.8) is 0 Å². The molecule has 0 aliphatic heterocycles. The quantitative estimate of drug-likeness (QED) is 0.798. The number of amides is 1. The molecule has 2 aromatic rings. The zero-order chi connectivity index (χ0) is 14.5. The number of benzene rings is 1. The Labute approximate surface area is 113 Å². The van der Waals surface area contributed by atoms with Gasteiger partial charge in [-0.05, 0) is 31.0 Å². The molecule has 1 amide bonds. The second-order valence-corrected chi connectivity index (χ2v) is 4.92. The summed E-state index contributed by atoms with van der Waals surface area (Å²) in [5.74, 6) is -1.14. The molecule has 0 saturated heterocycles. The summed E-state index contributed by atoms with van der Waals surface area (Å²) in [6.07, 6.45) is 0.960. The number of anilines is 1. The predicted octanol–water partition coefficient (Wildman–Crippen LogP) is 0.924. The van der Waals surface area contributed by atoms with Crippen LogP contribution >= 0.6 is 0 Å². The van der Waals surface area contributed by atoms with Crippen molar-refractivity contribution in [3.8, 4) is 0 Å². The van der Waals surface area contributed by atoms with Gasteiger partial charge >= 0.3 is 0 Å². The van der Waals surface area contributed by atoms with E-state index in [0.717, 1.165) is 4.68 Å². The van der Waals surface area contributed by atoms with Crippen LogP contribution in [0.4, 0.5) is 10.2 Å². The fourth-order valence-corrected chi connectivity index (χ4v) is 2.37. The van der Waals surface area contributed by atoms with Crippen molar-refractivity contribution >= 4 is 28.5 Å². The smallest absolute Gasteiger partial charge is 0.263 e. The highest BCUT2D eigenvalue weighted by Gasteiger charge is 2.57. The van der Waals surface area contributed by atoms with Crippen molar-refractivity contribution in [3.05, 3.63) is 24.0 Å². The highest BCUT2D eigenvalue weighted by molar-refractivity contribution is 6.11. The highest BCUT2D eigenvalue weighted by Crippen LogP contribution is 2.47. The summed E-state index contributed by atoms with van der Waals surface area (Å²) in [6.45, 7) is 0. The van der Waals surface area contributed by atoms with Crippen LogP contribution in [0.25, 0.3) is 10.9 Å². The minimum atomic E-state index is -1.06. The van der Waals surface area contributed by atoms with E-state index in [0.29, 0.717) is 23.7 Å². The van der Waals surface area contributed by atoms with E-state index in [2.05, 4.69) is 10.4 Å². The van der Waals surface area contributed by atoms with Crippen LogP contribution in [0.15, 0.2) is 18.2 Å². The highest BCUT2D eigenvalue weighted by atomic mass is 19.1. The van der Waals surface area contributed by atoms with Crippen molar-refractivity contribution in [1.29, 1.82) is 0 Å². The summed E-state index contributed by atoms with van der Waals surface area (Å²) >= 11 is 0. The van der Waals surface area contributed by atoms with Gasteiger partial charge in [0.25, 0.3) is 5.91 Å². The van der Waals surface area contributed by atoms with E-state index in [1.54, 1.807) is 0 Å². The number of hydrogen-bond donors (Lipinski definition) is 2. The van der Waals surface area contributed by atoms with Crippen molar-refractivity contribution in [2.24, 2.45) is 5.41 Å². The van der Waals surface area contributed by atoms with Gasteiger partial charge in [0.1, 0.15) is 11.2 Å². The van der Waals surface area contributed by atoms with E-state index in [1.165, 1.54) is 25.2 Å². The van der Waals surface area contributed by atoms with Gasteiger partial charge in [0.15, 0.2) is 5.82 Å². The molecule has 3 N–H and O–H groups in total. The third-order valence-corrected chi connectivity index (χ3v) is 3.68. The minimum absolute atomic E-state index is 0.0700. The molecule has 0 unspecified atom stereocenters. The van der Waals surface area contributed by atoms with Crippen molar-refractivity contribution < 1.29 is 14.0 Å². The molecular formula is C13H13FN4O2. The van der Waals surface area contributed by atoms with Gasteiger partial charge in [-0.1, -0.05) is 0 Å². The molecule has 104 valence electrons. The number of aromatic nitrogens is 2. The summed E-state index contributed by atoms with van der Waals surface area (Å²) in [5, 5.41) is 6.81. The van der Waals surface area contributed by atoms with Gasteiger partial charge in [-0.2, -0.15) is 4.68 Å². The normalized spacial score (nSPS) is 16.1. The van der Waals surface area contributed by atoms with Gasteiger partial charge in [0.05, 0.1) is 5.52 Å². The van der Waals surface area contributed by atoms with E-state index in [4.69, 9.17) is 5.73 Å². The number of carbonyl (C=O) groups is 2. The second-order valence-electron chi connectivity index (χ2n) is 4.92. The molecule has 0 bridgehead atoms. The van der Waals surface area contributed by atoms with Gasteiger partial charge in [0.2, 0.25) is 5.91 Å². The third kappa shape index (κ3) is 1.59. The lowest BCUT2D eigenvalue weighted by atomic mass is 10.1. The first-order valence-corrected chi connectivity index (χ1v) is 6.20. The molecular weight excluding hydrogens is 263 g/mol. The monoisotopic (exact) mass is 276 g/mol. The zero-order valence-electron chi connectivity index (χ0n) is 10.8. The SMILES string of the molecule is CNC(=O)C1(C(=O)n2nc(N)c3cc(F)ccc32)CC1. The van der Waals surface area contributed by atoms with Gasteiger partial charge < -0.3 is 11.1 Å². The number of nitrogens with two attached hydrogens (primary N) is 1. The number of nitrogens with one attached hydrogen (secondary N) is 1. The van der Waals surface area contributed by atoms with Crippen molar-refractivity contribution in [2.75, 3.05) is 12.8 Å². The van der Waals surface area contributed by atoms with Gasteiger partial charge in [-0.15, -0.1) is 5.10 Å². The number of hydrogen-bond acceptors (Lipinski definition) is 4. The van der Waals surface area contributed by atoms with E-state index < -0.39 is 17.1 Å². The van der Waals surface area contributed by atoms with Gasteiger partial charge in [0, 0.05) is 12.4 Å². The fourth-order valence-electron chi connectivity index (χ4n) is 2.37. The number of halogens is 1. The Bertz CT molecular complexity index is 733. The van der Waals surface area contributed by atoms with Crippen molar-refractivity contribution in [1.82, 2.24) is 15.1 Å². The van der Waals surface area contributed by atoms with E-state index in [1.807, 2.05) is 0 Å². The summed E-state index contributed by atoms with van der Waals surface area (Å²) in [6, 6.07) is 3.89. The average Bonchev–Trinajstić information content (AvgIpc) is 3.19. The Balaban J connectivity index is 2.12. The summed E-state index contributed by atoms with van der Waals surface area (Å²) < 4.78 is 14.3. The molecule has 0 radical (unpaired) electrons. The maximum atomic E-state index is 13.2. The number of rotatable bonds is 2. The van der Waals surface area contributed by atoms with Crippen LogP contribution in [0, 0.1) is 11.2 Å². The number of nitrogens with zero attached hydrogens (tertiary/aromatic N) is 2. The third-order valence-electron chi connectivity index (χ3n) is 3.68. The minimum Gasteiger partial charge on any atom is -0.382 e. The average molecular weight is 276 g/mol. The Hall–Kier alpha value is -2.44. The van der Waals surface area contributed by atoms with Crippen molar-refractivity contribution in [2.45, 2.75) is 12.8 Å². The maximum absolute atomic E-state index is 13.2. The van der Waals surface area contributed by atoms with Crippen LogP contribution < -0.4 is 11.1 Å².